The Hall–Kier alpha value is -1.69. The maximum Gasteiger partial charge on any atom is 0.410 e. The Morgan fingerprint density at radius 2 is 1.95 bits per heavy atom. The lowest BCUT2D eigenvalue weighted by molar-refractivity contribution is 0.115. The minimum Gasteiger partial charge on any atom is -0.445 e. The molecule has 0 aliphatic rings. The molecule has 0 bridgehead atoms. The number of ether oxygens (including phenoxy) is 1. The number of hydrogen-bond donors (Lipinski definition) is 0. The smallest absolute Gasteiger partial charge is 0.410 e. The number of nitrogens with zero attached hydrogens (tertiary/aromatic N) is 1. The summed E-state index contributed by atoms with van der Waals surface area (Å²) in [7, 11) is 0. The van der Waals surface area contributed by atoms with Gasteiger partial charge in [0.1, 0.15) is 6.61 Å². The van der Waals surface area contributed by atoms with Gasteiger partial charge >= 0.3 is 6.09 Å². The van der Waals surface area contributed by atoms with Crippen molar-refractivity contribution in [2.24, 2.45) is 0 Å². The van der Waals surface area contributed by atoms with Gasteiger partial charge in [-0.05, 0) is 30.9 Å². The quantitative estimate of drug-likeness (QED) is 0.325. The van der Waals surface area contributed by atoms with Gasteiger partial charge in [-0.15, -0.1) is 0 Å². The van der Waals surface area contributed by atoms with Gasteiger partial charge in [-0.25, -0.2) is 4.79 Å². The first-order chi connectivity index (χ1) is 10.7. The van der Waals surface area contributed by atoms with Crippen molar-refractivity contribution in [2.75, 3.05) is 19.7 Å². The molecule has 0 spiro atoms. The summed E-state index contributed by atoms with van der Waals surface area (Å²) < 4.78 is 5.16. The summed E-state index contributed by atoms with van der Waals surface area (Å²) in [4.78, 5) is 13.8. The van der Waals surface area contributed by atoms with Gasteiger partial charge < -0.3 is 9.64 Å². The molecule has 0 aromatic rings. The molecule has 1 amide bonds. The van der Waals surface area contributed by atoms with Gasteiger partial charge in [-0.2, -0.15) is 0 Å². The molecule has 0 fully saturated rings. The molecule has 0 saturated carbocycles. The molecule has 0 heterocycles. The van der Waals surface area contributed by atoms with E-state index >= 15 is 0 Å². The van der Waals surface area contributed by atoms with E-state index in [1.807, 2.05) is 6.08 Å². The zero-order valence-corrected chi connectivity index (χ0v) is 14.5. The van der Waals surface area contributed by atoms with Crippen molar-refractivity contribution in [1.29, 1.82) is 0 Å². The second kappa shape index (κ2) is 14.3. The van der Waals surface area contributed by atoms with Crippen LogP contribution < -0.4 is 0 Å². The van der Waals surface area contributed by atoms with E-state index in [-0.39, 0.29) is 12.7 Å². The zero-order chi connectivity index (χ0) is 16.6. The Morgan fingerprint density at radius 1 is 1.23 bits per heavy atom. The molecule has 22 heavy (non-hydrogen) atoms. The lowest BCUT2D eigenvalue weighted by atomic mass is 10.1. The van der Waals surface area contributed by atoms with E-state index in [2.05, 4.69) is 39.2 Å². The summed E-state index contributed by atoms with van der Waals surface area (Å²) in [5.74, 6) is 6.26. The number of unbranched alkanes of at least 4 members (excludes halogenated alkanes) is 3. The fourth-order valence-corrected chi connectivity index (χ4v) is 1.80. The molecule has 0 radical (unpaired) electrons. The maximum atomic E-state index is 12.1. The number of rotatable bonds is 10. The number of hydrogen-bond acceptors (Lipinski definition) is 2. The van der Waals surface area contributed by atoms with Crippen LogP contribution in [0.25, 0.3) is 0 Å². The highest BCUT2D eigenvalue weighted by Crippen LogP contribution is 2.07. The lowest BCUT2D eigenvalue weighted by Gasteiger charge is -2.22. The third-order valence-corrected chi connectivity index (χ3v) is 3.25. The first-order valence-electron chi connectivity index (χ1n) is 8.38. The maximum absolute atomic E-state index is 12.1. The van der Waals surface area contributed by atoms with Gasteiger partial charge in [0.2, 0.25) is 0 Å². The van der Waals surface area contributed by atoms with Gasteiger partial charge in [-0.3, -0.25) is 0 Å². The van der Waals surface area contributed by atoms with Crippen molar-refractivity contribution < 1.29 is 9.53 Å². The van der Waals surface area contributed by atoms with Gasteiger partial charge in [-0.1, -0.05) is 58.1 Å². The standard InChI is InChI=1S/C19H31NO2/c1-5-9-11-12-13-14-18(8-4)17-20(15-10-6-2)19(21)22-16-7-3/h7,14H,3,5-6,8-11,15-17H2,1-2,4H3/b18-14+. The van der Waals surface area contributed by atoms with Crippen LogP contribution in [0.1, 0.15) is 59.3 Å². The van der Waals surface area contributed by atoms with Crippen LogP contribution in [-0.2, 0) is 4.74 Å². The molecule has 0 rings (SSSR count). The molecule has 0 atom stereocenters. The number of carbonyl (C=O) groups excluding carboxylic acids is 1. The normalized spacial score (nSPS) is 10.6. The van der Waals surface area contributed by atoms with Crippen LogP contribution >= 0.6 is 0 Å². The molecular formula is C19H31NO2. The minimum absolute atomic E-state index is 0.253. The van der Waals surface area contributed by atoms with Crippen molar-refractivity contribution in [3.05, 3.63) is 24.3 Å². The molecule has 0 aliphatic carbocycles. The summed E-state index contributed by atoms with van der Waals surface area (Å²) >= 11 is 0. The lowest BCUT2D eigenvalue weighted by Crippen LogP contribution is -2.34. The van der Waals surface area contributed by atoms with Crippen LogP contribution in [0.15, 0.2) is 24.3 Å². The summed E-state index contributed by atoms with van der Waals surface area (Å²) in [6, 6.07) is 0. The predicted octanol–water partition coefficient (Wildman–Crippen LogP) is 4.94. The molecule has 124 valence electrons. The molecule has 0 aliphatic heterocycles. The van der Waals surface area contributed by atoms with Crippen molar-refractivity contribution in [1.82, 2.24) is 4.90 Å². The molecule has 3 heteroatoms. The molecule has 3 nitrogen and oxygen atoms in total. The molecule has 0 N–H and O–H groups in total. The summed E-state index contributed by atoms with van der Waals surface area (Å²) in [6.07, 6.45) is 9.42. The van der Waals surface area contributed by atoms with Crippen molar-refractivity contribution in [3.8, 4) is 11.8 Å². The molecule has 0 aromatic carbocycles. The summed E-state index contributed by atoms with van der Waals surface area (Å²) in [6.45, 7) is 11.5. The topological polar surface area (TPSA) is 29.5 Å². The minimum atomic E-state index is -0.272. The average Bonchev–Trinajstić information content (AvgIpc) is 2.54. The highest BCUT2D eigenvalue weighted by atomic mass is 16.6. The first-order valence-corrected chi connectivity index (χ1v) is 8.38. The molecular weight excluding hydrogens is 274 g/mol. The fourth-order valence-electron chi connectivity index (χ4n) is 1.80. The molecule has 0 saturated heterocycles. The van der Waals surface area contributed by atoms with Crippen LogP contribution in [0.4, 0.5) is 4.79 Å². The van der Waals surface area contributed by atoms with Gasteiger partial charge in [0.05, 0.1) is 0 Å². The van der Waals surface area contributed by atoms with Crippen LogP contribution in [-0.4, -0.2) is 30.7 Å². The second-order valence-electron chi connectivity index (χ2n) is 5.22. The molecule has 0 aromatic heterocycles. The Morgan fingerprint density at radius 3 is 2.55 bits per heavy atom. The van der Waals surface area contributed by atoms with E-state index in [1.54, 1.807) is 11.0 Å². The Kier molecular flexibility index (Phi) is 13.2. The average molecular weight is 305 g/mol. The molecule has 0 unspecified atom stereocenters. The number of amides is 1. The van der Waals surface area contributed by atoms with Crippen LogP contribution in [0.3, 0.4) is 0 Å². The van der Waals surface area contributed by atoms with Crippen molar-refractivity contribution >= 4 is 6.09 Å². The predicted molar refractivity (Wildman–Crippen MR) is 93.7 cm³/mol. The SMILES string of the molecule is C=CCOC(=O)N(CCCC)C/C(=C/C#CCCCC)CC. The highest BCUT2D eigenvalue weighted by Gasteiger charge is 2.14. The number of allylic oxidation sites excluding steroid dienone is 1. The van der Waals surface area contributed by atoms with E-state index in [1.165, 1.54) is 6.42 Å². The Labute approximate surface area is 136 Å². The first kappa shape index (κ1) is 20.3. The Balaban J connectivity index is 4.67. The van der Waals surface area contributed by atoms with E-state index in [9.17, 15) is 4.79 Å². The van der Waals surface area contributed by atoms with E-state index in [4.69, 9.17) is 4.74 Å². The van der Waals surface area contributed by atoms with Crippen LogP contribution in [0, 0.1) is 11.8 Å². The number of carbonyl (C=O) groups is 1. The third kappa shape index (κ3) is 10.1. The van der Waals surface area contributed by atoms with E-state index in [0.29, 0.717) is 13.1 Å². The Bertz CT molecular complexity index is 401. The highest BCUT2D eigenvalue weighted by molar-refractivity contribution is 5.68. The van der Waals surface area contributed by atoms with E-state index < -0.39 is 0 Å². The summed E-state index contributed by atoms with van der Waals surface area (Å²) in [5.41, 5.74) is 1.16. The second-order valence-corrected chi connectivity index (χ2v) is 5.22. The van der Waals surface area contributed by atoms with Gasteiger partial charge in [0, 0.05) is 19.5 Å². The summed E-state index contributed by atoms with van der Waals surface area (Å²) in [5, 5.41) is 0. The monoisotopic (exact) mass is 305 g/mol. The van der Waals surface area contributed by atoms with Gasteiger partial charge in [0.15, 0.2) is 0 Å². The largest absolute Gasteiger partial charge is 0.445 e. The van der Waals surface area contributed by atoms with Crippen LogP contribution in [0.2, 0.25) is 0 Å². The zero-order valence-electron chi connectivity index (χ0n) is 14.5. The fraction of sp³-hybridized carbons (Fsp3) is 0.632. The van der Waals surface area contributed by atoms with E-state index in [0.717, 1.165) is 37.7 Å². The van der Waals surface area contributed by atoms with Gasteiger partial charge in [0.25, 0.3) is 0 Å². The van der Waals surface area contributed by atoms with Crippen LogP contribution in [0.5, 0.6) is 0 Å². The van der Waals surface area contributed by atoms with Crippen molar-refractivity contribution in [2.45, 2.75) is 59.3 Å². The third-order valence-electron chi connectivity index (χ3n) is 3.25. The van der Waals surface area contributed by atoms with Crippen molar-refractivity contribution in [3.63, 3.8) is 0 Å².